The zero-order chi connectivity index (χ0) is 10.3. The van der Waals surface area contributed by atoms with Crippen molar-refractivity contribution in [1.82, 2.24) is 15.3 Å². The van der Waals surface area contributed by atoms with Gasteiger partial charge in [-0.3, -0.25) is 0 Å². The van der Waals surface area contributed by atoms with Crippen LogP contribution < -0.4 is 5.32 Å². The lowest BCUT2D eigenvalue weighted by atomic mass is 10.1. The molecule has 15 heavy (non-hydrogen) atoms. The van der Waals surface area contributed by atoms with Gasteiger partial charge in [-0.25, -0.2) is 9.97 Å². The van der Waals surface area contributed by atoms with Crippen LogP contribution in [0.4, 0.5) is 0 Å². The van der Waals surface area contributed by atoms with Gasteiger partial charge in [0.2, 0.25) is 0 Å². The van der Waals surface area contributed by atoms with E-state index in [9.17, 15) is 0 Å². The van der Waals surface area contributed by atoms with Gasteiger partial charge in [-0.2, -0.15) is 0 Å². The molecule has 0 aromatic carbocycles. The Morgan fingerprint density at radius 3 is 2.93 bits per heavy atom. The molecule has 1 aromatic heterocycles. The van der Waals surface area contributed by atoms with Crippen molar-refractivity contribution in [3.63, 3.8) is 0 Å². The topological polar surface area (TPSA) is 47.0 Å². The summed E-state index contributed by atoms with van der Waals surface area (Å²) in [4.78, 5) is 9.24. The first-order valence-electron chi connectivity index (χ1n) is 5.49. The Balaban J connectivity index is 2.02. The quantitative estimate of drug-likeness (QED) is 0.802. The highest BCUT2D eigenvalue weighted by Crippen LogP contribution is 2.39. The molecule has 0 unspecified atom stereocenters. The molecule has 4 nitrogen and oxygen atoms in total. The van der Waals surface area contributed by atoms with Gasteiger partial charge < -0.3 is 10.1 Å². The maximum absolute atomic E-state index is 5.43. The lowest BCUT2D eigenvalue weighted by Gasteiger charge is -2.07. The van der Waals surface area contributed by atoms with Crippen molar-refractivity contribution in [3.05, 3.63) is 22.8 Å². The molecule has 80 valence electrons. The van der Waals surface area contributed by atoms with Crippen molar-refractivity contribution < 1.29 is 4.74 Å². The maximum Gasteiger partial charge on any atom is 0.132 e. The minimum atomic E-state index is 0.617. The third-order valence-electron chi connectivity index (χ3n) is 2.97. The molecule has 0 saturated heterocycles. The van der Waals surface area contributed by atoms with E-state index < -0.39 is 0 Å². The van der Waals surface area contributed by atoms with E-state index in [1.807, 2.05) is 7.05 Å². The molecule has 0 atom stereocenters. The van der Waals surface area contributed by atoms with Gasteiger partial charge in [-0.1, -0.05) is 0 Å². The second-order valence-electron chi connectivity index (χ2n) is 4.25. The minimum Gasteiger partial charge on any atom is -0.370 e. The molecule has 4 heteroatoms. The van der Waals surface area contributed by atoms with Crippen molar-refractivity contribution in [2.24, 2.45) is 0 Å². The lowest BCUT2D eigenvalue weighted by Crippen LogP contribution is -2.12. The van der Waals surface area contributed by atoms with Crippen LogP contribution in [0.5, 0.6) is 0 Å². The van der Waals surface area contributed by atoms with Crippen LogP contribution in [0, 0.1) is 0 Å². The first-order valence-corrected chi connectivity index (χ1v) is 5.49. The maximum atomic E-state index is 5.43. The van der Waals surface area contributed by atoms with Crippen LogP contribution in [-0.2, 0) is 24.5 Å². The Labute approximate surface area is 89.1 Å². The highest BCUT2D eigenvalue weighted by Gasteiger charge is 2.29. The Morgan fingerprint density at radius 1 is 1.33 bits per heavy atom. The molecule has 1 fully saturated rings. The first-order chi connectivity index (χ1) is 7.38. The van der Waals surface area contributed by atoms with Crippen LogP contribution in [0.1, 0.15) is 41.5 Å². The molecule has 0 bridgehead atoms. The number of hydrogen-bond donors (Lipinski definition) is 1. The number of fused-ring (bicyclic) bond motifs is 1. The largest absolute Gasteiger partial charge is 0.370 e. The van der Waals surface area contributed by atoms with E-state index in [2.05, 4.69) is 15.3 Å². The van der Waals surface area contributed by atoms with E-state index in [0.717, 1.165) is 23.8 Å². The summed E-state index contributed by atoms with van der Waals surface area (Å²) in [7, 11) is 1.95. The second-order valence-corrected chi connectivity index (χ2v) is 4.25. The summed E-state index contributed by atoms with van der Waals surface area (Å²) in [6, 6.07) is 0. The molecule has 3 rings (SSSR count). The predicted molar refractivity (Wildman–Crippen MR) is 55.3 cm³/mol. The molecule has 1 aliphatic carbocycles. The molecule has 1 saturated carbocycles. The summed E-state index contributed by atoms with van der Waals surface area (Å²) in [5.41, 5.74) is 3.44. The highest BCUT2D eigenvalue weighted by atomic mass is 16.5. The fourth-order valence-electron chi connectivity index (χ4n) is 1.98. The minimum absolute atomic E-state index is 0.617. The number of rotatable bonds is 3. The SMILES string of the molecule is CNCc1nc(C2CC2)nc2c1COC2. The average molecular weight is 205 g/mol. The second kappa shape index (κ2) is 3.54. The first kappa shape index (κ1) is 9.24. The summed E-state index contributed by atoms with van der Waals surface area (Å²) in [5.74, 6) is 1.65. The molecular weight excluding hydrogens is 190 g/mol. The van der Waals surface area contributed by atoms with Crippen LogP contribution in [0.3, 0.4) is 0 Å². The molecule has 2 aliphatic rings. The molecule has 2 heterocycles. The number of nitrogens with one attached hydrogen (secondary N) is 1. The molecule has 0 amide bonds. The number of ether oxygens (including phenoxy) is 1. The van der Waals surface area contributed by atoms with E-state index in [4.69, 9.17) is 4.74 Å². The van der Waals surface area contributed by atoms with E-state index in [1.165, 1.54) is 18.4 Å². The predicted octanol–water partition coefficient (Wildman–Crippen LogP) is 1.10. The van der Waals surface area contributed by atoms with Gasteiger partial charge >= 0.3 is 0 Å². The summed E-state index contributed by atoms with van der Waals surface area (Å²) in [6.07, 6.45) is 2.50. The average Bonchev–Trinajstić information content (AvgIpc) is 2.98. The van der Waals surface area contributed by atoms with Crippen molar-refractivity contribution in [3.8, 4) is 0 Å². The van der Waals surface area contributed by atoms with Gasteiger partial charge in [-0.05, 0) is 19.9 Å². The Morgan fingerprint density at radius 2 is 2.20 bits per heavy atom. The lowest BCUT2D eigenvalue weighted by molar-refractivity contribution is 0.132. The van der Waals surface area contributed by atoms with Crippen molar-refractivity contribution in [1.29, 1.82) is 0 Å². The van der Waals surface area contributed by atoms with E-state index in [1.54, 1.807) is 0 Å². The molecule has 0 radical (unpaired) electrons. The van der Waals surface area contributed by atoms with E-state index >= 15 is 0 Å². The summed E-state index contributed by atoms with van der Waals surface area (Å²) < 4.78 is 5.43. The number of nitrogens with zero attached hydrogens (tertiary/aromatic N) is 2. The van der Waals surface area contributed by atoms with Gasteiger partial charge in [0.1, 0.15) is 5.82 Å². The van der Waals surface area contributed by atoms with Crippen LogP contribution in [0.2, 0.25) is 0 Å². The molecule has 0 spiro atoms. The van der Waals surface area contributed by atoms with Gasteiger partial charge in [0.05, 0.1) is 24.6 Å². The Hall–Kier alpha value is -1.00. The number of hydrogen-bond acceptors (Lipinski definition) is 4. The Kier molecular flexibility index (Phi) is 2.18. The summed E-state index contributed by atoms with van der Waals surface area (Å²) >= 11 is 0. The van der Waals surface area contributed by atoms with Crippen molar-refractivity contribution in [2.45, 2.75) is 38.5 Å². The summed E-state index contributed by atoms with van der Waals surface area (Å²) in [5, 5.41) is 3.15. The zero-order valence-corrected chi connectivity index (χ0v) is 8.92. The summed E-state index contributed by atoms with van der Waals surface area (Å²) in [6.45, 7) is 2.15. The van der Waals surface area contributed by atoms with Crippen LogP contribution in [-0.4, -0.2) is 17.0 Å². The van der Waals surface area contributed by atoms with Gasteiger partial charge in [0.15, 0.2) is 0 Å². The molecular formula is C11H15N3O. The van der Waals surface area contributed by atoms with E-state index in [-0.39, 0.29) is 0 Å². The van der Waals surface area contributed by atoms with Gasteiger partial charge in [-0.15, -0.1) is 0 Å². The fourth-order valence-corrected chi connectivity index (χ4v) is 1.98. The molecule has 1 aliphatic heterocycles. The zero-order valence-electron chi connectivity index (χ0n) is 8.92. The van der Waals surface area contributed by atoms with Crippen LogP contribution >= 0.6 is 0 Å². The number of aromatic nitrogens is 2. The van der Waals surface area contributed by atoms with Crippen molar-refractivity contribution in [2.75, 3.05) is 7.05 Å². The van der Waals surface area contributed by atoms with Crippen molar-refractivity contribution >= 4 is 0 Å². The molecule has 1 N–H and O–H groups in total. The monoisotopic (exact) mass is 205 g/mol. The third-order valence-corrected chi connectivity index (χ3v) is 2.97. The highest BCUT2D eigenvalue weighted by molar-refractivity contribution is 5.29. The smallest absolute Gasteiger partial charge is 0.132 e. The molecule has 1 aromatic rings. The third kappa shape index (κ3) is 1.64. The van der Waals surface area contributed by atoms with Crippen LogP contribution in [0.15, 0.2) is 0 Å². The van der Waals surface area contributed by atoms with Gasteiger partial charge in [0, 0.05) is 18.0 Å². The van der Waals surface area contributed by atoms with E-state index in [0.29, 0.717) is 19.1 Å². The normalized spacial score (nSPS) is 19.3. The van der Waals surface area contributed by atoms with Crippen LogP contribution in [0.25, 0.3) is 0 Å². The standard InChI is InChI=1S/C11H15N3O/c1-12-4-9-8-5-15-6-10(8)14-11(13-9)7-2-3-7/h7,12H,2-6H2,1H3. The fraction of sp³-hybridized carbons (Fsp3) is 0.636. The Bertz CT molecular complexity index is 388. The van der Waals surface area contributed by atoms with Gasteiger partial charge in [0.25, 0.3) is 0 Å².